The number of aromatic nitrogens is 1. The van der Waals surface area contributed by atoms with Crippen LogP contribution in [0.2, 0.25) is 0 Å². The molecule has 4 rings (SSSR count). The fraction of sp³-hybridized carbons (Fsp3) is 0.211. The third-order valence-corrected chi connectivity index (χ3v) is 4.02. The minimum atomic E-state index is 0.756. The molecule has 0 radical (unpaired) electrons. The second kappa shape index (κ2) is 5.30. The number of benzene rings is 2. The smallest absolute Gasteiger partial charge is 0.0709 e. The third-order valence-electron chi connectivity index (χ3n) is 4.02. The van der Waals surface area contributed by atoms with E-state index in [0.717, 1.165) is 23.8 Å². The molecule has 0 unspecified atom stereocenters. The molecule has 3 aromatic rings. The first-order valence-corrected chi connectivity index (χ1v) is 7.57. The van der Waals surface area contributed by atoms with E-state index in [9.17, 15) is 0 Å². The maximum absolute atomic E-state index is 4.74. The average molecular weight is 274 g/mol. The van der Waals surface area contributed by atoms with Crippen molar-refractivity contribution >= 4 is 10.9 Å². The van der Waals surface area contributed by atoms with Gasteiger partial charge < -0.3 is 5.32 Å². The number of hydrogen-bond acceptors (Lipinski definition) is 2. The van der Waals surface area contributed by atoms with Crippen LogP contribution in [-0.2, 0) is 6.54 Å². The maximum atomic E-state index is 4.74. The van der Waals surface area contributed by atoms with Crippen LogP contribution in [0.1, 0.15) is 18.4 Å². The summed E-state index contributed by atoms with van der Waals surface area (Å²) in [5.41, 5.74) is 4.60. The van der Waals surface area contributed by atoms with Crippen molar-refractivity contribution in [2.45, 2.75) is 25.4 Å². The van der Waals surface area contributed by atoms with Gasteiger partial charge in [0.05, 0.1) is 11.2 Å². The van der Waals surface area contributed by atoms with Gasteiger partial charge in [0, 0.05) is 23.5 Å². The highest BCUT2D eigenvalue weighted by atomic mass is 14.9. The molecule has 1 saturated carbocycles. The van der Waals surface area contributed by atoms with E-state index in [2.05, 4.69) is 53.8 Å². The molecule has 0 spiro atoms. The Morgan fingerprint density at radius 2 is 1.71 bits per heavy atom. The Hall–Kier alpha value is -2.19. The highest BCUT2D eigenvalue weighted by Crippen LogP contribution is 2.22. The van der Waals surface area contributed by atoms with Crippen molar-refractivity contribution < 1.29 is 0 Å². The molecule has 0 aliphatic heterocycles. The zero-order valence-electron chi connectivity index (χ0n) is 11.9. The number of rotatable bonds is 4. The van der Waals surface area contributed by atoms with E-state index in [4.69, 9.17) is 4.98 Å². The summed E-state index contributed by atoms with van der Waals surface area (Å²) in [6.45, 7) is 0.968. The normalized spacial score (nSPS) is 14.5. The molecule has 0 bridgehead atoms. The average Bonchev–Trinajstić information content (AvgIpc) is 3.37. The standard InChI is InChI=1S/C19H18N2/c1-2-4-18-15(3-1)9-12-19(21-18)16-7-5-14(6-8-16)13-20-17-10-11-17/h1-9,12,17,20H,10-11,13H2. The molecule has 1 heterocycles. The van der Waals surface area contributed by atoms with Gasteiger partial charge in [0.1, 0.15) is 0 Å². The summed E-state index contributed by atoms with van der Waals surface area (Å²) in [5.74, 6) is 0. The first-order valence-electron chi connectivity index (χ1n) is 7.57. The summed E-state index contributed by atoms with van der Waals surface area (Å²) in [4.78, 5) is 4.74. The molecular formula is C19H18N2. The van der Waals surface area contributed by atoms with Gasteiger partial charge in [0.2, 0.25) is 0 Å². The van der Waals surface area contributed by atoms with Crippen LogP contribution in [0.25, 0.3) is 22.2 Å². The largest absolute Gasteiger partial charge is 0.310 e. The third kappa shape index (κ3) is 2.81. The summed E-state index contributed by atoms with van der Waals surface area (Å²) >= 11 is 0. The van der Waals surface area contributed by atoms with Crippen molar-refractivity contribution in [1.82, 2.24) is 10.3 Å². The number of hydrogen-bond donors (Lipinski definition) is 1. The van der Waals surface area contributed by atoms with Gasteiger partial charge in [-0.25, -0.2) is 4.98 Å². The second-order valence-electron chi connectivity index (χ2n) is 5.74. The summed E-state index contributed by atoms with van der Waals surface area (Å²) in [7, 11) is 0. The molecule has 1 aromatic heterocycles. The van der Waals surface area contributed by atoms with E-state index in [1.165, 1.54) is 29.4 Å². The molecule has 2 heteroatoms. The van der Waals surface area contributed by atoms with Crippen LogP contribution < -0.4 is 5.32 Å². The topological polar surface area (TPSA) is 24.9 Å². The van der Waals surface area contributed by atoms with Crippen LogP contribution >= 0.6 is 0 Å². The molecule has 1 aliphatic carbocycles. The maximum Gasteiger partial charge on any atom is 0.0709 e. The van der Waals surface area contributed by atoms with E-state index in [1.807, 2.05) is 12.1 Å². The first kappa shape index (κ1) is 12.5. The van der Waals surface area contributed by atoms with Crippen molar-refractivity contribution in [1.29, 1.82) is 0 Å². The predicted molar refractivity (Wildman–Crippen MR) is 87.0 cm³/mol. The highest BCUT2D eigenvalue weighted by Gasteiger charge is 2.19. The number of fused-ring (bicyclic) bond motifs is 1. The highest BCUT2D eigenvalue weighted by molar-refractivity contribution is 5.81. The minimum Gasteiger partial charge on any atom is -0.310 e. The predicted octanol–water partition coefficient (Wildman–Crippen LogP) is 4.15. The molecule has 0 amide bonds. The molecule has 1 aliphatic rings. The Morgan fingerprint density at radius 3 is 2.52 bits per heavy atom. The van der Waals surface area contributed by atoms with Gasteiger partial charge in [-0.2, -0.15) is 0 Å². The zero-order chi connectivity index (χ0) is 14.1. The molecule has 2 nitrogen and oxygen atoms in total. The van der Waals surface area contributed by atoms with E-state index in [-0.39, 0.29) is 0 Å². The Bertz CT molecular complexity index is 758. The summed E-state index contributed by atoms with van der Waals surface area (Å²) in [6, 6.07) is 22.0. The van der Waals surface area contributed by atoms with Crippen molar-refractivity contribution in [2.75, 3.05) is 0 Å². The van der Waals surface area contributed by atoms with Crippen LogP contribution in [0.15, 0.2) is 60.7 Å². The van der Waals surface area contributed by atoms with Gasteiger partial charge in [-0.15, -0.1) is 0 Å². The zero-order valence-corrected chi connectivity index (χ0v) is 11.9. The lowest BCUT2D eigenvalue weighted by atomic mass is 10.1. The summed E-state index contributed by atoms with van der Waals surface area (Å²) in [5, 5.41) is 4.73. The first-order chi connectivity index (χ1) is 10.4. The molecule has 1 fully saturated rings. The lowest BCUT2D eigenvalue weighted by Gasteiger charge is -2.06. The van der Waals surface area contributed by atoms with Crippen LogP contribution in [0.5, 0.6) is 0 Å². The Balaban J connectivity index is 1.58. The number of nitrogens with one attached hydrogen (secondary N) is 1. The van der Waals surface area contributed by atoms with Crippen LogP contribution in [0, 0.1) is 0 Å². The van der Waals surface area contributed by atoms with Crippen molar-refractivity contribution in [3.8, 4) is 11.3 Å². The molecule has 0 atom stereocenters. The second-order valence-corrected chi connectivity index (χ2v) is 5.74. The quantitative estimate of drug-likeness (QED) is 0.773. The Kier molecular flexibility index (Phi) is 3.17. The summed E-state index contributed by atoms with van der Waals surface area (Å²) in [6.07, 6.45) is 2.66. The van der Waals surface area contributed by atoms with E-state index < -0.39 is 0 Å². The molecule has 2 aromatic carbocycles. The fourth-order valence-electron chi connectivity index (χ4n) is 2.57. The minimum absolute atomic E-state index is 0.756. The number of para-hydroxylation sites is 1. The van der Waals surface area contributed by atoms with Crippen molar-refractivity contribution in [2.24, 2.45) is 0 Å². The number of nitrogens with zero attached hydrogens (tertiary/aromatic N) is 1. The van der Waals surface area contributed by atoms with Gasteiger partial charge in [0.15, 0.2) is 0 Å². The van der Waals surface area contributed by atoms with E-state index >= 15 is 0 Å². The Morgan fingerprint density at radius 1 is 0.905 bits per heavy atom. The van der Waals surface area contributed by atoms with Crippen LogP contribution in [-0.4, -0.2) is 11.0 Å². The molecular weight excluding hydrogens is 256 g/mol. The lowest BCUT2D eigenvalue weighted by Crippen LogP contribution is -2.14. The van der Waals surface area contributed by atoms with Gasteiger partial charge in [-0.1, -0.05) is 48.5 Å². The van der Waals surface area contributed by atoms with Crippen molar-refractivity contribution in [3.05, 3.63) is 66.2 Å². The Labute approximate surface area is 124 Å². The van der Waals surface area contributed by atoms with Crippen LogP contribution in [0.3, 0.4) is 0 Å². The van der Waals surface area contributed by atoms with Gasteiger partial charge in [-0.3, -0.25) is 0 Å². The lowest BCUT2D eigenvalue weighted by molar-refractivity contribution is 0.688. The van der Waals surface area contributed by atoms with Gasteiger partial charge in [-0.05, 0) is 30.5 Å². The molecule has 0 saturated heterocycles. The van der Waals surface area contributed by atoms with E-state index in [1.54, 1.807) is 0 Å². The monoisotopic (exact) mass is 274 g/mol. The molecule has 104 valence electrons. The fourth-order valence-corrected chi connectivity index (χ4v) is 2.57. The van der Waals surface area contributed by atoms with Crippen LogP contribution in [0.4, 0.5) is 0 Å². The van der Waals surface area contributed by atoms with Gasteiger partial charge in [0.25, 0.3) is 0 Å². The molecule has 1 N–H and O–H groups in total. The molecule has 21 heavy (non-hydrogen) atoms. The van der Waals surface area contributed by atoms with Crippen molar-refractivity contribution in [3.63, 3.8) is 0 Å². The van der Waals surface area contributed by atoms with E-state index in [0.29, 0.717) is 0 Å². The summed E-state index contributed by atoms with van der Waals surface area (Å²) < 4.78 is 0. The SMILES string of the molecule is c1ccc2nc(-c3ccc(CNC4CC4)cc3)ccc2c1. The van der Waals surface area contributed by atoms with Gasteiger partial charge >= 0.3 is 0 Å². The number of pyridine rings is 1.